The molecule has 1 heterocycles. The summed E-state index contributed by atoms with van der Waals surface area (Å²) in [5, 5.41) is 2.38. The molecule has 7 nitrogen and oxygen atoms in total. The molecule has 30 heavy (non-hydrogen) atoms. The SMILES string of the molecule is CS(=O)(=O)c1ccccc1C(=O)OCC(=O)N=c1sccn1Cc1ccccc1Cl. The topological polar surface area (TPSA) is 94.8 Å². The van der Waals surface area contributed by atoms with Gasteiger partial charge in [-0.1, -0.05) is 41.9 Å². The van der Waals surface area contributed by atoms with E-state index in [4.69, 9.17) is 16.3 Å². The van der Waals surface area contributed by atoms with Crippen molar-refractivity contribution in [1.29, 1.82) is 0 Å². The Balaban J connectivity index is 1.72. The number of esters is 1. The van der Waals surface area contributed by atoms with E-state index in [0.29, 0.717) is 16.4 Å². The number of thiazole rings is 1. The lowest BCUT2D eigenvalue weighted by Gasteiger charge is -2.07. The first kappa shape index (κ1) is 21.9. The quantitative estimate of drug-likeness (QED) is 0.523. The fourth-order valence-corrected chi connectivity index (χ4v) is 4.44. The highest BCUT2D eigenvalue weighted by Crippen LogP contribution is 2.17. The molecule has 1 amide bonds. The number of benzene rings is 2. The highest BCUT2D eigenvalue weighted by atomic mass is 35.5. The predicted octanol–water partition coefficient (Wildman–Crippen LogP) is 2.94. The molecule has 3 rings (SSSR count). The molecule has 156 valence electrons. The Labute approximate surface area is 182 Å². The number of sulfone groups is 1. The third-order valence-corrected chi connectivity index (χ3v) is 6.33. The average molecular weight is 465 g/mol. The van der Waals surface area contributed by atoms with Gasteiger partial charge in [0.1, 0.15) is 0 Å². The first-order valence-electron chi connectivity index (χ1n) is 8.67. The molecule has 0 aliphatic rings. The number of aromatic nitrogens is 1. The van der Waals surface area contributed by atoms with Crippen LogP contribution in [-0.4, -0.2) is 37.7 Å². The maximum Gasteiger partial charge on any atom is 0.339 e. The van der Waals surface area contributed by atoms with Crippen LogP contribution in [0.4, 0.5) is 0 Å². The van der Waals surface area contributed by atoms with E-state index in [9.17, 15) is 18.0 Å². The molecule has 0 fully saturated rings. The maximum absolute atomic E-state index is 12.3. The van der Waals surface area contributed by atoms with Gasteiger partial charge in [0.25, 0.3) is 5.91 Å². The third-order valence-electron chi connectivity index (χ3n) is 4.01. The van der Waals surface area contributed by atoms with Crippen molar-refractivity contribution in [3.8, 4) is 0 Å². The summed E-state index contributed by atoms with van der Waals surface area (Å²) in [5.41, 5.74) is 0.744. The van der Waals surface area contributed by atoms with Crippen LogP contribution >= 0.6 is 22.9 Å². The lowest BCUT2D eigenvalue weighted by Crippen LogP contribution is -2.20. The number of ether oxygens (including phenoxy) is 1. The molecule has 0 N–H and O–H groups in total. The second-order valence-corrected chi connectivity index (χ2v) is 9.52. The van der Waals surface area contributed by atoms with Crippen LogP contribution in [0, 0.1) is 0 Å². The number of amides is 1. The van der Waals surface area contributed by atoms with Gasteiger partial charge in [-0.25, -0.2) is 13.2 Å². The molecule has 0 radical (unpaired) electrons. The number of nitrogens with zero attached hydrogens (tertiary/aromatic N) is 2. The molecule has 0 spiro atoms. The largest absolute Gasteiger partial charge is 0.452 e. The van der Waals surface area contributed by atoms with Crippen LogP contribution in [-0.2, 0) is 25.9 Å². The summed E-state index contributed by atoms with van der Waals surface area (Å²) in [7, 11) is -3.62. The summed E-state index contributed by atoms with van der Waals surface area (Å²) < 4.78 is 30.4. The van der Waals surface area contributed by atoms with Crippen LogP contribution in [0.5, 0.6) is 0 Å². The van der Waals surface area contributed by atoms with Gasteiger partial charge in [-0.15, -0.1) is 11.3 Å². The molecule has 0 aliphatic carbocycles. The van der Waals surface area contributed by atoms with Gasteiger partial charge in [-0.3, -0.25) is 4.79 Å². The molecule has 1 aromatic heterocycles. The molecule has 0 unspecified atom stereocenters. The molecule has 0 saturated heterocycles. The zero-order chi connectivity index (χ0) is 21.7. The van der Waals surface area contributed by atoms with Gasteiger partial charge in [0, 0.05) is 22.9 Å². The monoisotopic (exact) mass is 464 g/mol. The molecule has 0 atom stereocenters. The van der Waals surface area contributed by atoms with Crippen molar-refractivity contribution in [2.75, 3.05) is 12.9 Å². The number of hydrogen-bond acceptors (Lipinski definition) is 6. The molecule has 2 aromatic carbocycles. The normalized spacial score (nSPS) is 12.0. The van der Waals surface area contributed by atoms with E-state index in [-0.39, 0.29) is 10.5 Å². The Morgan fingerprint density at radius 1 is 1.13 bits per heavy atom. The van der Waals surface area contributed by atoms with E-state index in [1.54, 1.807) is 22.2 Å². The molecule has 10 heteroatoms. The Bertz CT molecular complexity index is 1260. The Morgan fingerprint density at radius 3 is 2.57 bits per heavy atom. The summed E-state index contributed by atoms with van der Waals surface area (Å²) >= 11 is 7.43. The van der Waals surface area contributed by atoms with Crippen LogP contribution in [0.15, 0.2) is 70.0 Å². The van der Waals surface area contributed by atoms with Crippen molar-refractivity contribution in [3.63, 3.8) is 0 Å². The highest BCUT2D eigenvalue weighted by molar-refractivity contribution is 7.90. The standard InChI is InChI=1S/C20H17ClN2O5S2/c1-30(26,27)17-9-5-3-7-15(17)19(25)28-13-18(24)22-20-23(10-11-29-20)12-14-6-2-4-8-16(14)21/h2-11H,12-13H2,1H3. The minimum absolute atomic E-state index is 0.127. The summed E-state index contributed by atoms with van der Waals surface area (Å²) in [6.45, 7) is -0.183. The Morgan fingerprint density at radius 2 is 1.83 bits per heavy atom. The van der Waals surface area contributed by atoms with Crippen LogP contribution < -0.4 is 4.80 Å². The minimum atomic E-state index is -3.62. The van der Waals surface area contributed by atoms with Gasteiger partial charge in [-0.2, -0.15) is 4.99 Å². The first-order chi connectivity index (χ1) is 14.3. The van der Waals surface area contributed by atoms with E-state index < -0.39 is 28.3 Å². The molecular weight excluding hydrogens is 448 g/mol. The maximum atomic E-state index is 12.3. The van der Waals surface area contributed by atoms with Crippen molar-refractivity contribution in [3.05, 3.63) is 81.1 Å². The molecule has 0 aliphatic heterocycles. The van der Waals surface area contributed by atoms with E-state index in [1.807, 2.05) is 18.2 Å². The van der Waals surface area contributed by atoms with Crippen molar-refractivity contribution in [2.45, 2.75) is 11.4 Å². The van der Waals surface area contributed by atoms with Gasteiger partial charge in [-0.05, 0) is 23.8 Å². The van der Waals surface area contributed by atoms with E-state index in [2.05, 4.69) is 4.99 Å². The van der Waals surface area contributed by atoms with E-state index in [0.717, 1.165) is 11.8 Å². The molecule has 0 saturated carbocycles. The van der Waals surface area contributed by atoms with Crippen molar-refractivity contribution in [2.24, 2.45) is 4.99 Å². The lowest BCUT2D eigenvalue weighted by molar-refractivity contribution is -0.121. The molecule has 0 bridgehead atoms. The van der Waals surface area contributed by atoms with Gasteiger partial charge in [0.2, 0.25) is 0 Å². The van der Waals surface area contributed by atoms with Gasteiger partial charge in [0.15, 0.2) is 21.2 Å². The fraction of sp³-hybridized carbons (Fsp3) is 0.150. The molecular formula is C20H17ClN2O5S2. The van der Waals surface area contributed by atoms with Gasteiger partial charge < -0.3 is 9.30 Å². The minimum Gasteiger partial charge on any atom is -0.452 e. The summed E-state index contributed by atoms with van der Waals surface area (Å²) in [5.74, 6) is -1.58. The number of carbonyl (C=O) groups excluding carboxylic acids is 2. The number of hydrogen-bond donors (Lipinski definition) is 0. The summed E-state index contributed by atoms with van der Waals surface area (Å²) in [6.07, 6.45) is 2.77. The van der Waals surface area contributed by atoms with E-state index in [1.165, 1.54) is 35.6 Å². The second kappa shape index (κ2) is 9.38. The number of carbonyl (C=O) groups is 2. The zero-order valence-electron chi connectivity index (χ0n) is 15.8. The Kier molecular flexibility index (Phi) is 6.86. The van der Waals surface area contributed by atoms with Gasteiger partial charge in [0.05, 0.1) is 17.0 Å². The Hall–Kier alpha value is -2.75. The van der Waals surface area contributed by atoms with E-state index >= 15 is 0 Å². The van der Waals surface area contributed by atoms with Crippen LogP contribution in [0.1, 0.15) is 15.9 Å². The van der Waals surface area contributed by atoms with Crippen LogP contribution in [0.3, 0.4) is 0 Å². The van der Waals surface area contributed by atoms with Crippen molar-refractivity contribution < 1.29 is 22.7 Å². The van der Waals surface area contributed by atoms with Crippen LogP contribution in [0.2, 0.25) is 5.02 Å². The predicted molar refractivity (Wildman–Crippen MR) is 113 cm³/mol. The van der Waals surface area contributed by atoms with Crippen molar-refractivity contribution >= 4 is 44.7 Å². The number of rotatable bonds is 6. The smallest absolute Gasteiger partial charge is 0.339 e. The lowest BCUT2D eigenvalue weighted by atomic mass is 10.2. The first-order valence-corrected chi connectivity index (χ1v) is 11.8. The second-order valence-electron chi connectivity index (χ2n) is 6.25. The number of halogens is 1. The highest BCUT2D eigenvalue weighted by Gasteiger charge is 2.20. The summed E-state index contributed by atoms with van der Waals surface area (Å²) in [4.78, 5) is 28.7. The molecule has 3 aromatic rings. The average Bonchev–Trinajstić information content (AvgIpc) is 3.13. The van der Waals surface area contributed by atoms with Crippen molar-refractivity contribution in [1.82, 2.24) is 4.57 Å². The van der Waals surface area contributed by atoms with Crippen LogP contribution in [0.25, 0.3) is 0 Å². The van der Waals surface area contributed by atoms with Gasteiger partial charge >= 0.3 is 5.97 Å². The zero-order valence-corrected chi connectivity index (χ0v) is 18.2. The summed E-state index contributed by atoms with van der Waals surface area (Å²) in [6, 6.07) is 13.0. The third kappa shape index (κ3) is 5.44. The fourth-order valence-electron chi connectivity index (χ4n) is 2.62.